The number of fused-ring (bicyclic) bond motifs is 1. The van der Waals surface area contributed by atoms with Gasteiger partial charge in [-0.25, -0.2) is 18.6 Å². The van der Waals surface area contributed by atoms with Crippen molar-refractivity contribution >= 4 is 39.0 Å². The lowest BCUT2D eigenvalue weighted by molar-refractivity contribution is 0.262. The van der Waals surface area contributed by atoms with Crippen molar-refractivity contribution in [1.29, 1.82) is 0 Å². The van der Waals surface area contributed by atoms with Gasteiger partial charge < -0.3 is 10.6 Å². The van der Waals surface area contributed by atoms with E-state index in [1.165, 1.54) is 6.07 Å². The van der Waals surface area contributed by atoms with Crippen LogP contribution in [0, 0.1) is 11.6 Å². The Bertz CT molecular complexity index is 1090. The van der Waals surface area contributed by atoms with Gasteiger partial charge in [0.25, 0.3) is 0 Å². The van der Waals surface area contributed by atoms with Gasteiger partial charge in [0, 0.05) is 17.3 Å². The van der Waals surface area contributed by atoms with Crippen LogP contribution < -0.4 is 10.6 Å². The van der Waals surface area contributed by atoms with E-state index in [0.717, 1.165) is 26.9 Å². The van der Waals surface area contributed by atoms with Crippen LogP contribution in [0.25, 0.3) is 20.8 Å². The van der Waals surface area contributed by atoms with Crippen molar-refractivity contribution in [3.63, 3.8) is 0 Å². The van der Waals surface area contributed by atoms with Gasteiger partial charge in [-0.15, -0.1) is 11.3 Å². The SMILES string of the molecule is O=C(Nc1ccc(-c2nc3ccccc3s2)cc1)Nc1ccc(F)cc1F. The fourth-order valence-electron chi connectivity index (χ4n) is 2.57. The van der Waals surface area contributed by atoms with Crippen molar-refractivity contribution in [2.24, 2.45) is 0 Å². The number of thiazole rings is 1. The molecule has 27 heavy (non-hydrogen) atoms. The molecule has 4 nitrogen and oxygen atoms in total. The molecule has 134 valence electrons. The largest absolute Gasteiger partial charge is 0.323 e. The summed E-state index contributed by atoms with van der Waals surface area (Å²) in [7, 11) is 0. The molecule has 0 saturated carbocycles. The first-order chi connectivity index (χ1) is 13.1. The molecular formula is C20H13F2N3OS. The molecule has 0 spiro atoms. The molecule has 4 rings (SSSR count). The van der Waals surface area contributed by atoms with E-state index in [0.29, 0.717) is 11.8 Å². The number of halogens is 2. The van der Waals surface area contributed by atoms with Gasteiger partial charge in [0.1, 0.15) is 16.6 Å². The summed E-state index contributed by atoms with van der Waals surface area (Å²) in [6, 6.07) is 17.4. The topological polar surface area (TPSA) is 54.0 Å². The second kappa shape index (κ2) is 7.13. The van der Waals surface area contributed by atoms with Gasteiger partial charge >= 0.3 is 6.03 Å². The second-order valence-corrected chi connectivity index (χ2v) is 6.80. The molecule has 0 fully saturated rings. The van der Waals surface area contributed by atoms with Crippen molar-refractivity contribution in [2.75, 3.05) is 10.6 Å². The molecule has 0 aliphatic carbocycles. The summed E-state index contributed by atoms with van der Waals surface area (Å²) in [6.07, 6.45) is 0. The molecular weight excluding hydrogens is 368 g/mol. The van der Waals surface area contributed by atoms with Gasteiger partial charge in [-0.1, -0.05) is 12.1 Å². The number of amides is 2. The minimum Gasteiger partial charge on any atom is -0.308 e. The Morgan fingerprint density at radius 3 is 2.44 bits per heavy atom. The third-order valence-corrected chi connectivity index (χ3v) is 4.95. The fraction of sp³-hybridized carbons (Fsp3) is 0. The number of anilines is 2. The molecule has 0 radical (unpaired) electrons. The monoisotopic (exact) mass is 381 g/mol. The smallest absolute Gasteiger partial charge is 0.308 e. The van der Waals surface area contributed by atoms with Crippen LogP contribution in [0.3, 0.4) is 0 Å². The summed E-state index contributed by atoms with van der Waals surface area (Å²) in [5.74, 6) is -1.54. The Kier molecular flexibility index (Phi) is 4.52. The molecule has 3 aromatic carbocycles. The quantitative estimate of drug-likeness (QED) is 0.465. The molecule has 7 heteroatoms. The minimum atomic E-state index is -0.837. The third-order valence-electron chi connectivity index (χ3n) is 3.86. The van der Waals surface area contributed by atoms with E-state index in [4.69, 9.17) is 0 Å². The maximum absolute atomic E-state index is 13.6. The second-order valence-electron chi connectivity index (χ2n) is 5.77. The van der Waals surface area contributed by atoms with Crippen LogP contribution in [-0.2, 0) is 0 Å². The molecule has 2 N–H and O–H groups in total. The Morgan fingerprint density at radius 1 is 0.926 bits per heavy atom. The van der Waals surface area contributed by atoms with Gasteiger partial charge in [0.05, 0.1) is 15.9 Å². The summed E-state index contributed by atoms with van der Waals surface area (Å²) in [4.78, 5) is 16.6. The average Bonchev–Trinajstić information content (AvgIpc) is 3.09. The van der Waals surface area contributed by atoms with E-state index in [-0.39, 0.29) is 5.69 Å². The molecule has 0 aliphatic rings. The van der Waals surface area contributed by atoms with Gasteiger partial charge in [-0.05, 0) is 48.5 Å². The molecule has 0 unspecified atom stereocenters. The van der Waals surface area contributed by atoms with Crippen LogP contribution in [0.15, 0.2) is 66.7 Å². The van der Waals surface area contributed by atoms with E-state index in [1.54, 1.807) is 23.5 Å². The molecule has 0 atom stereocenters. The average molecular weight is 381 g/mol. The van der Waals surface area contributed by atoms with Gasteiger partial charge in [-0.3, -0.25) is 0 Å². The maximum atomic E-state index is 13.6. The highest BCUT2D eigenvalue weighted by Gasteiger charge is 2.09. The van der Waals surface area contributed by atoms with E-state index in [1.807, 2.05) is 36.4 Å². The summed E-state index contributed by atoms with van der Waals surface area (Å²) in [5.41, 5.74) is 2.33. The van der Waals surface area contributed by atoms with E-state index >= 15 is 0 Å². The van der Waals surface area contributed by atoms with Crippen molar-refractivity contribution in [3.8, 4) is 10.6 Å². The normalized spacial score (nSPS) is 10.7. The number of nitrogens with zero attached hydrogens (tertiary/aromatic N) is 1. The van der Waals surface area contributed by atoms with Crippen LogP contribution >= 0.6 is 11.3 Å². The number of nitrogens with one attached hydrogen (secondary N) is 2. The number of para-hydroxylation sites is 1. The molecule has 1 aromatic heterocycles. The number of aromatic nitrogens is 1. The number of hydrogen-bond donors (Lipinski definition) is 2. The standard InChI is InChI=1S/C20H13F2N3OS/c21-13-7-10-16(15(22)11-13)25-20(26)23-14-8-5-12(6-9-14)19-24-17-3-1-2-4-18(17)27-19/h1-11H,(H2,23,25,26). The van der Waals surface area contributed by atoms with E-state index in [9.17, 15) is 13.6 Å². The summed E-state index contributed by atoms with van der Waals surface area (Å²) < 4.78 is 27.6. The Morgan fingerprint density at radius 2 is 1.70 bits per heavy atom. The predicted octanol–water partition coefficient (Wildman–Crippen LogP) is 5.89. The van der Waals surface area contributed by atoms with E-state index < -0.39 is 17.7 Å². The lowest BCUT2D eigenvalue weighted by Gasteiger charge is -2.09. The summed E-state index contributed by atoms with van der Waals surface area (Å²) >= 11 is 1.59. The minimum absolute atomic E-state index is 0.0972. The zero-order valence-electron chi connectivity index (χ0n) is 13.9. The highest BCUT2D eigenvalue weighted by atomic mass is 32.1. The number of carbonyl (C=O) groups excluding carboxylic acids is 1. The first-order valence-electron chi connectivity index (χ1n) is 8.07. The van der Waals surface area contributed by atoms with Crippen molar-refractivity contribution in [3.05, 3.63) is 78.4 Å². The Labute approximate surface area is 157 Å². The lowest BCUT2D eigenvalue weighted by atomic mass is 10.2. The number of urea groups is 1. The highest BCUT2D eigenvalue weighted by Crippen LogP contribution is 2.30. The maximum Gasteiger partial charge on any atom is 0.323 e. The summed E-state index contributed by atoms with van der Waals surface area (Å²) in [5, 5.41) is 5.85. The first kappa shape index (κ1) is 17.1. The van der Waals surface area contributed by atoms with Crippen LogP contribution in [0.1, 0.15) is 0 Å². The zero-order valence-corrected chi connectivity index (χ0v) is 14.7. The number of benzene rings is 3. The molecule has 0 aliphatic heterocycles. The Balaban J connectivity index is 1.46. The number of carbonyl (C=O) groups is 1. The van der Waals surface area contributed by atoms with Crippen LogP contribution in [0.5, 0.6) is 0 Å². The Hall–Kier alpha value is -3.32. The molecule has 2 amide bonds. The number of rotatable bonds is 3. The third kappa shape index (κ3) is 3.78. The van der Waals surface area contributed by atoms with Gasteiger partial charge in [0.2, 0.25) is 0 Å². The first-order valence-corrected chi connectivity index (χ1v) is 8.89. The lowest BCUT2D eigenvalue weighted by Crippen LogP contribution is -2.20. The zero-order chi connectivity index (χ0) is 18.8. The predicted molar refractivity (Wildman–Crippen MR) is 104 cm³/mol. The summed E-state index contributed by atoms with van der Waals surface area (Å²) in [6.45, 7) is 0. The van der Waals surface area contributed by atoms with Crippen molar-refractivity contribution in [2.45, 2.75) is 0 Å². The highest BCUT2D eigenvalue weighted by molar-refractivity contribution is 7.21. The fourth-order valence-corrected chi connectivity index (χ4v) is 3.54. The van der Waals surface area contributed by atoms with Crippen LogP contribution in [0.2, 0.25) is 0 Å². The van der Waals surface area contributed by atoms with E-state index in [2.05, 4.69) is 15.6 Å². The number of hydrogen-bond acceptors (Lipinski definition) is 3. The molecule has 1 heterocycles. The molecule has 0 bridgehead atoms. The molecule has 4 aromatic rings. The van der Waals surface area contributed by atoms with Crippen molar-refractivity contribution < 1.29 is 13.6 Å². The van der Waals surface area contributed by atoms with Crippen LogP contribution in [-0.4, -0.2) is 11.0 Å². The van der Waals surface area contributed by atoms with Crippen molar-refractivity contribution in [1.82, 2.24) is 4.98 Å². The van der Waals surface area contributed by atoms with Gasteiger partial charge in [0.15, 0.2) is 0 Å². The van der Waals surface area contributed by atoms with Gasteiger partial charge in [-0.2, -0.15) is 0 Å². The van der Waals surface area contributed by atoms with Crippen LogP contribution in [0.4, 0.5) is 25.0 Å². The molecule has 0 saturated heterocycles.